The van der Waals surface area contributed by atoms with Gasteiger partial charge in [-0.15, -0.1) is 0 Å². The quantitative estimate of drug-likeness (QED) is 0.397. The Kier molecular flexibility index (Phi) is 6.08. The van der Waals surface area contributed by atoms with Gasteiger partial charge < -0.3 is 11.5 Å². The van der Waals surface area contributed by atoms with Crippen LogP contribution in [0, 0.1) is 11.8 Å². The van der Waals surface area contributed by atoms with Gasteiger partial charge in [0.25, 0.3) is 0 Å². The molecule has 1 aromatic heterocycles. The van der Waals surface area contributed by atoms with Gasteiger partial charge in [-0.25, -0.2) is 4.98 Å². The van der Waals surface area contributed by atoms with Gasteiger partial charge in [-0.2, -0.15) is 0 Å². The van der Waals surface area contributed by atoms with Crippen molar-refractivity contribution in [2.24, 2.45) is 5.73 Å². The van der Waals surface area contributed by atoms with Gasteiger partial charge in [-0.05, 0) is 43.7 Å². The second kappa shape index (κ2) is 8.68. The minimum Gasteiger partial charge on any atom is -0.383 e. The zero-order valence-corrected chi connectivity index (χ0v) is 15.6. The molecule has 27 heavy (non-hydrogen) atoms. The number of nitrogen functional groups attached to an aromatic ring is 1. The number of pyridine rings is 1. The van der Waals surface area contributed by atoms with E-state index in [9.17, 15) is 4.79 Å². The maximum atomic E-state index is 12.1. The van der Waals surface area contributed by atoms with E-state index in [2.05, 4.69) is 16.8 Å². The fourth-order valence-electron chi connectivity index (χ4n) is 2.78. The molecular formula is C22H20ClN3O. The highest BCUT2D eigenvalue weighted by molar-refractivity contribution is 6.31. The van der Waals surface area contributed by atoms with Crippen molar-refractivity contribution in [3.05, 3.63) is 70.4 Å². The molecule has 0 atom stereocenters. The largest absolute Gasteiger partial charge is 0.383 e. The van der Waals surface area contributed by atoms with Crippen molar-refractivity contribution in [1.82, 2.24) is 4.98 Å². The molecule has 3 aromatic rings. The van der Waals surface area contributed by atoms with Gasteiger partial charge in [-0.3, -0.25) is 4.79 Å². The van der Waals surface area contributed by atoms with Crippen LogP contribution in [0.15, 0.2) is 48.7 Å². The molecule has 5 heteroatoms. The summed E-state index contributed by atoms with van der Waals surface area (Å²) in [6.45, 7) is 0.610. The fraction of sp³-hybridized carbons (Fsp3) is 0.182. The lowest BCUT2D eigenvalue weighted by Crippen LogP contribution is -2.02. The molecule has 0 aliphatic heterocycles. The van der Waals surface area contributed by atoms with Gasteiger partial charge in [0.15, 0.2) is 5.78 Å². The Morgan fingerprint density at radius 2 is 1.85 bits per heavy atom. The summed E-state index contributed by atoms with van der Waals surface area (Å²) in [5, 5.41) is 2.42. The average molecular weight is 378 g/mol. The van der Waals surface area contributed by atoms with Crippen LogP contribution in [0.25, 0.3) is 10.8 Å². The number of fused-ring (bicyclic) bond motifs is 1. The third-order valence-corrected chi connectivity index (χ3v) is 4.52. The summed E-state index contributed by atoms with van der Waals surface area (Å²) in [6.07, 6.45) is 3.89. The van der Waals surface area contributed by atoms with Crippen molar-refractivity contribution in [3.63, 3.8) is 0 Å². The van der Waals surface area contributed by atoms with Crippen molar-refractivity contribution in [2.75, 3.05) is 12.3 Å². The smallest absolute Gasteiger partial charge is 0.162 e. The zero-order chi connectivity index (χ0) is 19.2. The standard InChI is InChI=1S/C22H20ClN3O/c23-18-10-9-17-14-26-22(25)19(20(17)13-18)11-6-15-4-7-16(8-5-15)21(27)3-1-2-12-24/h4-5,7-10,13-14H,1-3,12,24H2,(H2,25,26). The van der Waals surface area contributed by atoms with Crippen LogP contribution in [0.5, 0.6) is 0 Å². The SMILES string of the molecule is NCCCCC(=O)c1ccc(C#Cc2c(N)ncc3ccc(Cl)cc23)cc1. The molecule has 0 saturated carbocycles. The summed E-state index contributed by atoms with van der Waals surface area (Å²) in [6, 6.07) is 12.8. The Balaban J connectivity index is 1.84. The number of unbranched alkanes of at least 4 members (excludes halogenated alkanes) is 1. The minimum absolute atomic E-state index is 0.125. The Hall–Kier alpha value is -2.87. The molecule has 4 nitrogen and oxygen atoms in total. The number of nitrogens with zero attached hydrogens (tertiary/aromatic N) is 1. The minimum atomic E-state index is 0.125. The first-order valence-corrected chi connectivity index (χ1v) is 9.15. The fourth-order valence-corrected chi connectivity index (χ4v) is 2.95. The maximum Gasteiger partial charge on any atom is 0.162 e. The van der Waals surface area contributed by atoms with Crippen LogP contribution in [0.1, 0.15) is 40.7 Å². The second-order valence-electron chi connectivity index (χ2n) is 6.25. The van der Waals surface area contributed by atoms with Crippen LogP contribution in [0.2, 0.25) is 5.02 Å². The van der Waals surface area contributed by atoms with Crippen LogP contribution < -0.4 is 11.5 Å². The first-order valence-electron chi connectivity index (χ1n) is 8.77. The lowest BCUT2D eigenvalue weighted by molar-refractivity contribution is 0.0979. The van der Waals surface area contributed by atoms with Gasteiger partial charge in [0, 0.05) is 39.5 Å². The summed E-state index contributed by atoms with van der Waals surface area (Å²) >= 11 is 6.10. The van der Waals surface area contributed by atoms with E-state index in [-0.39, 0.29) is 5.78 Å². The molecule has 0 spiro atoms. The predicted molar refractivity (Wildman–Crippen MR) is 111 cm³/mol. The van der Waals surface area contributed by atoms with Gasteiger partial charge >= 0.3 is 0 Å². The van der Waals surface area contributed by atoms with E-state index in [4.69, 9.17) is 23.1 Å². The summed E-state index contributed by atoms with van der Waals surface area (Å²) in [7, 11) is 0. The summed E-state index contributed by atoms with van der Waals surface area (Å²) in [4.78, 5) is 16.3. The molecule has 0 bridgehead atoms. The number of halogens is 1. The molecule has 0 radical (unpaired) electrons. The molecule has 3 rings (SSSR count). The lowest BCUT2D eigenvalue weighted by atomic mass is 10.0. The van der Waals surface area contributed by atoms with E-state index in [1.807, 2.05) is 30.3 Å². The molecular weight excluding hydrogens is 358 g/mol. The number of anilines is 1. The molecule has 0 aliphatic rings. The lowest BCUT2D eigenvalue weighted by Gasteiger charge is -2.04. The van der Waals surface area contributed by atoms with E-state index in [1.54, 1.807) is 18.3 Å². The van der Waals surface area contributed by atoms with Gasteiger partial charge in [0.05, 0.1) is 5.56 Å². The highest BCUT2D eigenvalue weighted by Gasteiger charge is 2.06. The molecule has 4 N–H and O–H groups in total. The number of hydrogen-bond acceptors (Lipinski definition) is 4. The number of hydrogen-bond donors (Lipinski definition) is 2. The number of nitrogens with two attached hydrogens (primary N) is 2. The molecule has 0 fully saturated rings. The van der Waals surface area contributed by atoms with E-state index in [0.717, 1.165) is 29.2 Å². The van der Waals surface area contributed by atoms with Crippen molar-refractivity contribution in [2.45, 2.75) is 19.3 Å². The van der Waals surface area contributed by atoms with E-state index < -0.39 is 0 Å². The Labute approximate surface area is 163 Å². The topological polar surface area (TPSA) is 82.0 Å². The van der Waals surface area contributed by atoms with Crippen LogP contribution in [0.3, 0.4) is 0 Å². The normalized spacial score (nSPS) is 10.4. The van der Waals surface area contributed by atoms with E-state index >= 15 is 0 Å². The predicted octanol–water partition coefficient (Wildman–Crippen LogP) is 4.18. The molecule has 2 aromatic carbocycles. The summed E-state index contributed by atoms with van der Waals surface area (Å²) < 4.78 is 0. The van der Waals surface area contributed by atoms with Crippen molar-refractivity contribution in [3.8, 4) is 11.8 Å². The molecule has 1 heterocycles. The monoisotopic (exact) mass is 377 g/mol. The number of benzene rings is 2. The number of ketones is 1. The van der Waals surface area contributed by atoms with Crippen molar-refractivity contribution in [1.29, 1.82) is 0 Å². The van der Waals surface area contributed by atoms with Crippen molar-refractivity contribution >= 4 is 34.0 Å². The Bertz CT molecular complexity index is 1030. The molecule has 0 saturated heterocycles. The molecule has 0 amide bonds. The van der Waals surface area contributed by atoms with Crippen LogP contribution in [0.4, 0.5) is 5.82 Å². The summed E-state index contributed by atoms with van der Waals surface area (Å²) in [5.74, 6) is 6.68. The van der Waals surface area contributed by atoms with E-state index in [1.165, 1.54) is 0 Å². The van der Waals surface area contributed by atoms with Crippen molar-refractivity contribution < 1.29 is 4.79 Å². The Morgan fingerprint density at radius 1 is 1.07 bits per heavy atom. The Morgan fingerprint density at radius 3 is 2.59 bits per heavy atom. The first-order chi connectivity index (χ1) is 13.1. The molecule has 0 unspecified atom stereocenters. The highest BCUT2D eigenvalue weighted by Crippen LogP contribution is 2.24. The van der Waals surface area contributed by atoms with E-state index in [0.29, 0.717) is 34.9 Å². The zero-order valence-electron chi connectivity index (χ0n) is 14.8. The highest BCUT2D eigenvalue weighted by atomic mass is 35.5. The van der Waals surface area contributed by atoms with Gasteiger partial charge in [-0.1, -0.05) is 41.6 Å². The summed E-state index contributed by atoms with van der Waals surface area (Å²) in [5.41, 5.74) is 13.6. The molecule has 0 aliphatic carbocycles. The third-order valence-electron chi connectivity index (χ3n) is 4.28. The van der Waals surface area contributed by atoms with Gasteiger partial charge in [0.2, 0.25) is 0 Å². The first kappa shape index (κ1) is 18.9. The number of rotatable bonds is 5. The second-order valence-corrected chi connectivity index (χ2v) is 6.68. The number of Topliss-reactive ketones (excluding diaryl/α,β-unsaturated/α-hetero) is 1. The van der Waals surface area contributed by atoms with Crippen LogP contribution in [-0.2, 0) is 0 Å². The molecule has 136 valence electrons. The third kappa shape index (κ3) is 4.65. The van der Waals surface area contributed by atoms with Crippen LogP contribution >= 0.6 is 11.6 Å². The van der Waals surface area contributed by atoms with Crippen LogP contribution in [-0.4, -0.2) is 17.3 Å². The number of carbonyl (C=O) groups is 1. The van der Waals surface area contributed by atoms with Gasteiger partial charge in [0.1, 0.15) is 5.82 Å². The average Bonchev–Trinajstić information content (AvgIpc) is 2.67. The number of aromatic nitrogens is 1. The number of carbonyl (C=O) groups excluding carboxylic acids is 1. The maximum absolute atomic E-state index is 12.1.